The fourth-order valence-electron chi connectivity index (χ4n) is 3.72. The number of rotatable bonds is 15. The summed E-state index contributed by atoms with van der Waals surface area (Å²) in [6.07, 6.45) is 14.8. The summed E-state index contributed by atoms with van der Waals surface area (Å²) in [5, 5.41) is 0. The Balaban J connectivity index is 1.54. The summed E-state index contributed by atoms with van der Waals surface area (Å²) in [4.78, 5) is 0. The molecule has 3 nitrogen and oxygen atoms in total. The first-order valence-electron chi connectivity index (χ1n) is 12.2. The Bertz CT molecular complexity index is 511. The van der Waals surface area contributed by atoms with E-state index in [2.05, 4.69) is 32.9 Å². The molecule has 0 unspecified atom stereocenters. The zero-order valence-electron chi connectivity index (χ0n) is 19.2. The van der Waals surface area contributed by atoms with Gasteiger partial charge in [-0.1, -0.05) is 97.1 Å². The van der Waals surface area contributed by atoms with Crippen LogP contribution in [-0.4, -0.2) is 26.9 Å². The van der Waals surface area contributed by atoms with Gasteiger partial charge >= 0.3 is 7.12 Å². The lowest BCUT2D eigenvalue weighted by atomic mass is 9.77. The molecule has 164 valence electrons. The van der Waals surface area contributed by atoms with Crippen LogP contribution in [0.25, 0.3) is 0 Å². The third-order valence-electron chi connectivity index (χ3n) is 6.07. The lowest BCUT2D eigenvalue weighted by molar-refractivity contribution is 0.0810. The molecule has 1 saturated heterocycles. The van der Waals surface area contributed by atoms with Gasteiger partial charge in [0.1, 0.15) is 5.75 Å². The van der Waals surface area contributed by atoms with Crippen molar-refractivity contribution in [3.05, 3.63) is 24.3 Å². The fourth-order valence-corrected chi connectivity index (χ4v) is 3.72. The van der Waals surface area contributed by atoms with Crippen LogP contribution in [0.5, 0.6) is 5.75 Å². The Labute approximate surface area is 180 Å². The van der Waals surface area contributed by atoms with Gasteiger partial charge in [0.15, 0.2) is 0 Å². The zero-order valence-corrected chi connectivity index (χ0v) is 19.2. The predicted octanol–water partition coefficient (Wildman–Crippen LogP) is 6.39. The molecule has 0 aliphatic carbocycles. The van der Waals surface area contributed by atoms with Gasteiger partial charge in [0.2, 0.25) is 0 Å². The van der Waals surface area contributed by atoms with Gasteiger partial charge in [-0.2, -0.15) is 0 Å². The van der Waals surface area contributed by atoms with Crippen LogP contribution >= 0.6 is 0 Å². The quantitative estimate of drug-likeness (QED) is 0.251. The Morgan fingerprint density at radius 1 is 0.897 bits per heavy atom. The topological polar surface area (TPSA) is 27.7 Å². The molecule has 4 heteroatoms. The molecule has 1 atom stereocenters. The molecule has 1 aliphatic heterocycles. The highest BCUT2D eigenvalue weighted by atomic mass is 16.6. The smallest absolute Gasteiger partial charge is 0.493 e. The van der Waals surface area contributed by atoms with Crippen molar-refractivity contribution < 1.29 is 14.0 Å². The first kappa shape index (κ1) is 24.3. The Morgan fingerprint density at radius 3 is 2.07 bits per heavy atom. The molecule has 29 heavy (non-hydrogen) atoms. The van der Waals surface area contributed by atoms with Crippen molar-refractivity contribution >= 4 is 12.6 Å². The SMILES string of the molecule is CCCCCCCCCCCC1COB(c2ccc(OC[C@@H](C)CC)cc2)OC1. The minimum atomic E-state index is -0.224. The third kappa shape index (κ3) is 10.0. The molecule has 0 N–H and O–H groups in total. The highest BCUT2D eigenvalue weighted by Crippen LogP contribution is 2.18. The maximum atomic E-state index is 6.00. The monoisotopic (exact) mass is 402 g/mol. The first-order valence-corrected chi connectivity index (χ1v) is 12.2. The van der Waals surface area contributed by atoms with Gasteiger partial charge in [-0.25, -0.2) is 0 Å². The summed E-state index contributed by atoms with van der Waals surface area (Å²) in [5.74, 6) is 2.06. The summed E-state index contributed by atoms with van der Waals surface area (Å²) in [5.41, 5.74) is 1.09. The van der Waals surface area contributed by atoms with Crippen LogP contribution in [-0.2, 0) is 9.31 Å². The summed E-state index contributed by atoms with van der Waals surface area (Å²) in [7, 11) is -0.224. The molecule has 1 heterocycles. The molecule has 0 spiro atoms. The molecule has 0 bridgehead atoms. The molecule has 0 saturated carbocycles. The van der Waals surface area contributed by atoms with E-state index in [1.54, 1.807) is 0 Å². The van der Waals surface area contributed by atoms with E-state index in [-0.39, 0.29) is 7.12 Å². The third-order valence-corrected chi connectivity index (χ3v) is 6.07. The number of unbranched alkanes of at least 4 members (excludes halogenated alkanes) is 8. The fraction of sp³-hybridized carbons (Fsp3) is 0.760. The van der Waals surface area contributed by atoms with Crippen molar-refractivity contribution in [1.29, 1.82) is 0 Å². The molecule has 0 radical (unpaired) electrons. The van der Waals surface area contributed by atoms with Gasteiger partial charge in [-0.05, 0) is 29.9 Å². The maximum absolute atomic E-state index is 6.00. The van der Waals surface area contributed by atoms with Crippen LogP contribution in [0.1, 0.15) is 91.4 Å². The Kier molecular flexibility index (Phi) is 12.5. The number of benzene rings is 1. The second-order valence-electron chi connectivity index (χ2n) is 8.88. The van der Waals surface area contributed by atoms with E-state index in [9.17, 15) is 0 Å². The maximum Gasteiger partial charge on any atom is 0.493 e. The van der Waals surface area contributed by atoms with Gasteiger partial charge < -0.3 is 14.0 Å². The molecule has 1 fully saturated rings. The molecular weight excluding hydrogens is 359 g/mol. The van der Waals surface area contributed by atoms with Crippen molar-refractivity contribution in [3.63, 3.8) is 0 Å². The average molecular weight is 402 g/mol. The van der Waals surface area contributed by atoms with Gasteiger partial charge in [-0.15, -0.1) is 0 Å². The van der Waals surface area contributed by atoms with Crippen LogP contribution in [0.2, 0.25) is 0 Å². The predicted molar refractivity (Wildman–Crippen MR) is 124 cm³/mol. The summed E-state index contributed by atoms with van der Waals surface area (Å²) < 4.78 is 17.8. The second-order valence-corrected chi connectivity index (χ2v) is 8.88. The van der Waals surface area contributed by atoms with Crippen molar-refractivity contribution in [3.8, 4) is 5.75 Å². The van der Waals surface area contributed by atoms with Gasteiger partial charge in [0.25, 0.3) is 0 Å². The lowest BCUT2D eigenvalue weighted by Crippen LogP contribution is -2.44. The molecule has 2 rings (SSSR count). The highest BCUT2D eigenvalue weighted by Gasteiger charge is 2.28. The van der Waals surface area contributed by atoms with E-state index >= 15 is 0 Å². The van der Waals surface area contributed by atoms with Crippen LogP contribution < -0.4 is 10.2 Å². The minimum absolute atomic E-state index is 0.224. The molecule has 0 amide bonds. The van der Waals surface area contributed by atoms with Gasteiger partial charge in [0, 0.05) is 19.1 Å². The number of hydrogen-bond donors (Lipinski definition) is 0. The molecular formula is C25H43BO3. The molecule has 0 aromatic heterocycles. The molecule has 1 aromatic rings. The lowest BCUT2D eigenvalue weighted by Gasteiger charge is -2.27. The molecule has 1 aromatic carbocycles. The van der Waals surface area contributed by atoms with E-state index in [0.717, 1.165) is 37.5 Å². The van der Waals surface area contributed by atoms with E-state index in [4.69, 9.17) is 14.0 Å². The zero-order chi connectivity index (χ0) is 20.7. The normalized spacial score (nSPS) is 16.2. The second kappa shape index (κ2) is 14.9. The van der Waals surface area contributed by atoms with Gasteiger partial charge in [-0.3, -0.25) is 0 Å². The van der Waals surface area contributed by atoms with Crippen LogP contribution in [0.3, 0.4) is 0 Å². The van der Waals surface area contributed by atoms with E-state index in [0.29, 0.717) is 11.8 Å². The van der Waals surface area contributed by atoms with Gasteiger partial charge in [0.05, 0.1) is 6.61 Å². The van der Waals surface area contributed by atoms with Crippen molar-refractivity contribution in [2.75, 3.05) is 19.8 Å². The van der Waals surface area contributed by atoms with Crippen LogP contribution in [0.15, 0.2) is 24.3 Å². The number of ether oxygens (including phenoxy) is 1. The van der Waals surface area contributed by atoms with Crippen LogP contribution in [0.4, 0.5) is 0 Å². The summed E-state index contributed by atoms with van der Waals surface area (Å²) in [6.45, 7) is 9.08. The van der Waals surface area contributed by atoms with Crippen LogP contribution in [0, 0.1) is 11.8 Å². The minimum Gasteiger partial charge on any atom is -0.493 e. The van der Waals surface area contributed by atoms with Crippen molar-refractivity contribution in [1.82, 2.24) is 0 Å². The average Bonchev–Trinajstić information content (AvgIpc) is 2.77. The standard InChI is InChI=1S/C25H43BO3/c1-4-6-7-8-9-10-11-12-13-14-23-20-28-26(29-21-23)24-15-17-25(18-16-24)27-19-22(3)5-2/h15-18,22-23H,4-14,19-21H2,1-3H3/t22-/m0/s1. The Morgan fingerprint density at radius 2 is 1.48 bits per heavy atom. The summed E-state index contributed by atoms with van der Waals surface area (Å²) in [6, 6.07) is 8.19. The van der Waals surface area contributed by atoms with E-state index in [1.165, 1.54) is 64.2 Å². The van der Waals surface area contributed by atoms with Crippen molar-refractivity contribution in [2.45, 2.75) is 91.4 Å². The Hall–Kier alpha value is -0.995. The largest absolute Gasteiger partial charge is 0.493 e. The number of hydrogen-bond acceptors (Lipinski definition) is 3. The van der Waals surface area contributed by atoms with Crippen molar-refractivity contribution in [2.24, 2.45) is 11.8 Å². The van der Waals surface area contributed by atoms with E-state index < -0.39 is 0 Å². The molecule has 1 aliphatic rings. The summed E-state index contributed by atoms with van der Waals surface area (Å²) >= 11 is 0. The first-order chi connectivity index (χ1) is 14.2. The van der Waals surface area contributed by atoms with E-state index in [1.807, 2.05) is 12.1 Å². The highest BCUT2D eigenvalue weighted by molar-refractivity contribution is 6.61.